The quantitative estimate of drug-likeness (QED) is 0.514. The number of phenolic OH excluding ortho intramolecular Hbond substituents is 1. The third-order valence-corrected chi connectivity index (χ3v) is 6.34. The van der Waals surface area contributed by atoms with Gasteiger partial charge < -0.3 is 9.52 Å². The third-order valence-electron chi connectivity index (χ3n) is 5.36. The normalized spacial score (nSPS) is 15.6. The first kappa shape index (κ1) is 19.4. The lowest BCUT2D eigenvalue weighted by Gasteiger charge is -2.22. The number of amides is 1. The standard InChI is InChI=1S/C23H19N3O4S/c1-3-4-17-24-25-23(31-17)26-19(13-6-8-14(27)9-7-13)18-20(28)15-11-12(2)5-10-16(15)30-21(18)22(26)29/h5-11,19,27H,3-4H2,1-2H3. The third kappa shape index (κ3) is 3.11. The summed E-state index contributed by atoms with van der Waals surface area (Å²) in [6.45, 7) is 3.95. The maximum Gasteiger partial charge on any atom is 0.297 e. The predicted molar refractivity (Wildman–Crippen MR) is 118 cm³/mol. The number of aromatic hydroxyl groups is 1. The number of fused-ring (bicyclic) bond motifs is 2. The van der Waals surface area contributed by atoms with Gasteiger partial charge in [0.05, 0.1) is 17.0 Å². The average Bonchev–Trinajstić information content (AvgIpc) is 3.32. The molecule has 0 saturated heterocycles. The number of aryl methyl sites for hydroxylation is 2. The molecule has 0 saturated carbocycles. The molecule has 8 heteroatoms. The molecule has 2 aromatic carbocycles. The minimum absolute atomic E-state index is 0.0201. The number of carbonyl (C=O) groups is 1. The number of phenols is 1. The molecule has 1 aliphatic rings. The predicted octanol–water partition coefficient (Wildman–Crippen LogP) is 4.36. The molecule has 31 heavy (non-hydrogen) atoms. The summed E-state index contributed by atoms with van der Waals surface area (Å²) in [7, 11) is 0. The van der Waals surface area contributed by atoms with E-state index in [9.17, 15) is 14.7 Å². The minimum Gasteiger partial charge on any atom is -0.508 e. The van der Waals surface area contributed by atoms with Crippen LogP contribution in [0.5, 0.6) is 5.75 Å². The monoisotopic (exact) mass is 433 g/mol. The van der Waals surface area contributed by atoms with E-state index in [1.165, 1.54) is 28.4 Å². The van der Waals surface area contributed by atoms with Crippen LogP contribution in [0.2, 0.25) is 0 Å². The van der Waals surface area contributed by atoms with Gasteiger partial charge >= 0.3 is 0 Å². The van der Waals surface area contributed by atoms with Crippen LogP contribution in [0.4, 0.5) is 5.13 Å². The van der Waals surface area contributed by atoms with Crippen molar-refractivity contribution >= 4 is 33.3 Å². The molecule has 7 nitrogen and oxygen atoms in total. The lowest BCUT2D eigenvalue weighted by atomic mass is 9.98. The Morgan fingerprint density at radius 3 is 2.65 bits per heavy atom. The molecule has 1 unspecified atom stereocenters. The number of rotatable bonds is 4. The highest BCUT2D eigenvalue weighted by Crippen LogP contribution is 2.42. The summed E-state index contributed by atoms with van der Waals surface area (Å²) in [5.41, 5.74) is 2.01. The molecule has 1 amide bonds. The first-order valence-electron chi connectivity index (χ1n) is 10.00. The zero-order valence-electron chi connectivity index (χ0n) is 17.0. The van der Waals surface area contributed by atoms with Gasteiger partial charge in [-0.15, -0.1) is 10.2 Å². The second kappa shape index (κ2) is 7.31. The molecule has 0 radical (unpaired) electrons. The second-order valence-electron chi connectivity index (χ2n) is 7.57. The van der Waals surface area contributed by atoms with Gasteiger partial charge in [-0.2, -0.15) is 0 Å². The van der Waals surface area contributed by atoms with Crippen molar-refractivity contribution in [3.8, 4) is 5.75 Å². The SMILES string of the molecule is CCCc1nnc(N2C(=O)c3oc4ccc(C)cc4c(=O)c3C2c2ccc(O)cc2)s1. The fourth-order valence-electron chi connectivity index (χ4n) is 3.91. The van der Waals surface area contributed by atoms with E-state index >= 15 is 0 Å². The van der Waals surface area contributed by atoms with Gasteiger partial charge in [0.2, 0.25) is 10.9 Å². The fraction of sp³-hybridized carbons (Fsp3) is 0.217. The lowest BCUT2D eigenvalue weighted by Crippen LogP contribution is -2.29. The van der Waals surface area contributed by atoms with Crippen LogP contribution in [0, 0.1) is 6.92 Å². The van der Waals surface area contributed by atoms with Gasteiger partial charge in [-0.1, -0.05) is 42.0 Å². The molecule has 5 rings (SSSR count). The molecule has 2 aromatic heterocycles. The molecule has 1 aliphatic heterocycles. The van der Waals surface area contributed by atoms with E-state index in [1.807, 2.05) is 19.9 Å². The van der Waals surface area contributed by atoms with Crippen LogP contribution in [-0.4, -0.2) is 21.2 Å². The Hall–Kier alpha value is -3.52. The van der Waals surface area contributed by atoms with Crippen LogP contribution in [-0.2, 0) is 6.42 Å². The van der Waals surface area contributed by atoms with E-state index < -0.39 is 11.9 Å². The van der Waals surface area contributed by atoms with Crippen molar-refractivity contribution in [1.29, 1.82) is 0 Å². The molecule has 1 N–H and O–H groups in total. The summed E-state index contributed by atoms with van der Waals surface area (Å²) in [5, 5.41) is 19.9. The average molecular weight is 433 g/mol. The van der Waals surface area contributed by atoms with Crippen LogP contribution >= 0.6 is 11.3 Å². The van der Waals surface area contributed by atoms with E-state index in [0.717, 1.165) is 23.4 Å². The summed E-state index contributed by atoms with van der Waals surface area (Å²) in [6.07, 6.45) is 1.67. The van der Waals surface area contributed by atoms with Crippen LogP contribution in [0.1, 0.15) is 51.6 Å². The topological polar surface area (TPSA) is 96.5 Å². The van der Waals surface area contributed by atoms with Gasteiger partial charge in [0, 0.05) is 6.42 Å². The maximum absolute atomic E-state index is 13.5. The number of aromatic nitrogens is 2. The molecule has 0 fully saturated rings. The summed E-state index contributed by atoms with van der Waals surface area (Å²) >= 11 is 1.33. The summed E-state index contributed by atoms with van der Waals surface area (Å²) < 4.78 is 5.95. The van der Waals surface area contributed by atoms with Gasteiger partial charge in [-0.05, 0) is 43.2 Å². The Kier molecular flexibility index (Phi) is 4.59. The van der Waals surface area contributed by atoms with Crippen molar-refractivity contribution < 1.29 is 14.3 Å². The smallest absolute Gasteiger partial charge is 0.297 e. The number of carbonyl (C=O) groups excluding carboxylic acids is 1. The highest BCUT2D eigenvalue weighted by Gasteiger charge is 2.45. The lowest BCUT2D eigenvalue weighted by molar-refractivity contribution is 0.0970. The Morgan fingerprint density at radius 1 is 1.13 bits per heavy atom. The van der Waals surface area contributed by atoms with Gasteiger partial charge in [0.15, 0.2) is 5.43 Å². The Balaban J connectivity index is 1.77. The van der Waals surface area contributed by atoms with Crippen LogP contribution in [0.15, 0.2) is 51.7 Å². The minimum atomic E-state index is -0.716. The molecular weight excluding hydrogens is 414 g/mol. The van der Waals surface area contributed by atoms with Crippen molar-refractivity contribution in [2.75, 3.05) is 4.90 Å². The molecule has 0 aliphatic carbocycles. The Labute approximate surface area is 181 Å². The largest absolute Gasteiger partial charge is 0.508 e. The summed E-state index contributed by atoms with van der Waals surface area (Å²) in [4.78, 5) is 28.5. The highest BCUT2D eigenvalue weighted by molar-refractivity contribution is 7.15. The van der Waals surface area contributed by atoms with Gasteiger partial charge in [0.25, 0.3) is 5.91 Å². The van der Waals surface area contributed by atoms with E-state index in [1.54, 1.807) is 24.3 Å². The second-order valence-corrected chi connectivity index (χ2v) is 8.61. The zero-order valence-corrected chi connectivity index (χ0v) is 17.8. The maximum atomic E-state index is 13.5. The van der Waals surface area contributed by atoms with Gasteiger partial charge in [0.1, 0.15) is 16.3 Å². The molecule has 0 spiro atoms. The Bertz CT molecular complexity index is 1370. The van der Waals surface area contributed by atoms with Crippen LogP contribution in [0.25, 0.3) is 11.0 Å². The number of benzene rings is 2. The number of nitrogens with zero attached hydrogens (tertiary/aromatic N) is 3. The number of hydrogen-bond acceptors (Lipinski definition) is 7. The van der Waals surface area contributed by atoms with Crippen molar-refractivity contribution in [1.82, 2.24) is 10.2 Å². The molecule has 1 atom stereocenters. The van der Waals surface area contributed by atoms with Gasteiger partial charge in [-0.25, -0.2) is 0 Å². The number of anilines is 1. The molecular formula is C23H19N3O4S. The van der Waals surface area contributed by atoms with E-state index in [-0.39, 0.29) is 22.5 Å². The Morgan fingerprint density at radius 2 is 1.90 bits per heavy atom. The van der Waals surface area contributed by atoms with E-state index in [0.29, 0.717) is 21.7 Å². The van der Waals surface area contributed by atoms with E-state index in [2.05, 4.69) is 10.2 Å². The zero-order chi connectivity index (χ0) is 21.7. The number of hydrogen-bond donors (Lipinski definition) is 1. The van der Waals surface area contributed by atoms with Crippen molar-refractivity contribution in [2.24, 2.45) is 0 Å². The molecule has 0 bridgehead atoms. The molecule has 3 heterocycles. The van der Waals surface area contributed by atoms with Gasteiger partial charge in [-0.3, -0.25) is 14.5 Å². The van der Waals surface area contributed by atoms with Crippen molar-refractivity contribution in [3.05, 3.63) is 80.1 Å². The molecule has 4 aromatic rings. The first-order chi connectivity index (χ1) is 15.0. The van der Waals surface area contributed by atoms with E-state index in [4.69, 9.17) is 4.42 Å². The van der Waals surface area contributed by atoms with Crippen LogP contribution < -0.4 is 10.3 Å². The highest BCUT2D eigenvalue weighted by atomic mass is 32.1. The summed E-state index contributed by atoms with van der Waals surface area (Å²) in [6, 6.07) is 11.1. The summed E-state index contributed by atoms with van der Waals surface area (Å²) in [5.74, 6) is -0.305. The first-order valence-corrected chi connectivity index (χ1v) is 10.8. The fourth-order valence-corrected chi connectivity index (χ4v) is 4.88. The van der Waals surface area contributed by atoms with Crippen LogP contribution in [0.3, 0.4) is 0 Å². The van der Waals surface area contributed by atoms with Crippen molar-refractivity contribution in [2.45, 2.75) is 32.7 Å². The molecule has 156 valence electrons. The van der Waals surface area contributed by atoms with Crippen molar-refractivity contribution in [3.63, 3.8) is 0 Å².